The molecule has 0 radical (unpaired) electrons. The molecule has 68 valence electrons. The molecule has 0 aliphatic heterocycles. The van der Waals surface area contributed by atoms with Gasteiger partial charge in [0.1, 0.15) is 6.07 Å². The molecule has 0 spiro atoms. The summed E-state index contributed by atoms with van der Waals surface area (Å²) < 4.78 is 0. The molecule has 0 fully saturated rings. The molecule has 0 aromatic carbocycles. The minimum Gasteiger partial charge on any atom is -0.227 e. The second kappa shape index (κ2) is 3.84. The Balaban J connectivity index is 2.37. The summed E-state index contributed by atoms with van der Waals surface area (Å²) in [5.41, 5.74) is 1.91. The smallest absolute Gasteiger partial charge is 0.227 e. The van der Waals surface area contributed by atoms with Gasteiger partial charge in [0.2, 0.25) is 5.82 Å². The SMILES string of the molecule is N#Cc1nccc(C2=CCCC=C2)n1. The maximum Gasteiger partial charge on any atom is 0.232 e. The molecule has 2 rings (SSSR count). The van der Waals surface area contributed by atoms with Crippen LogP contribution >= 0.6 is 0 Å². The van der Waals surface area contributed by atoms with E-state index in [4.69, 9.17) is 5.26 Å². The predicted molar refractivity (Wildman–Crippen MR) is 53.1 cm³/mol. The van der Waals surface area contributed by atoms with Crippen molar-refractivity contribution in [1.29, 1.82) is 5.26 Å². The minimum atomic E-state index is 0.224. The fraction of sp³-hybridized carbons (Fsp3) is 0.182. The van der Waals surface area contributed by atoms with Crippen LogP contribution in [-0.2, 0) is 0 Å². The van der Waals surface area contributed by atoms with E-state index < -0.39 is 0 Å². The van der Waals surface area contributed by atoms with Gasteiger partial charge >= 0.3 is 0 Å². The van der Waals surface area contributed by atoms with Crippen LogP contribution in [0.2, 0.25) is 0 Å². The first-order valence-corrected chi connectivity index (χ1v) is 4.50. The zero-order valence-electron chi connectivity index (χ0n) is 7.64. The van der Waals surface area contributed by atoms with Gasteiger partial charge in [0, 0.05) is 6.20 Å². The monoisotopic (exact) mass is 183 g/mol. The summed E-state index contributed by atoms with van der Waals surface area (Å²) >= 11 is 0. The molecule has 0 bridgehead atoms. The molecule has 14 heavy (non-hydrogen) atoms. The first-order valence-electron chi connectivity index (χ1n) is 4.50. The summed E-state index contributed by atoms with van der Waals surface area (Å²) in [6.07, 6.45) is 10.0. The Bertz CT molecular complexity index is 438. The lowest BCUT2D eigenvalue weighted by Crippen LogP contribution is -1.94. The molecule has 0 unspecified atom stereocenters. The summed E-state index contributed by atoms with van der Waals surface area (Å²) in [6.45, 7) is 0. The fourth-order valence-electron chi connectivity index (χ4n) is 1.38. The number of hydrogen-bond donors (Lipinski definition) is 0. The summed E-state index contributed by atoms with van der Waals surface area (Å²) in [5, 5.41) is 8.65. The summed E-state index contributed by atoms with van der Waals surface area (Å²) in [4.78, 5) is 7.95. The van der Waals surface area contributed by atoms with Gasteiger partial charge < -0.3 is 0 Å². The lowest BCUT2D eigenvalue weighted by Gasteiger charge is -2.05. The zero-order chi connectivity index (χ0) is 9.80. The van der Waals surface area contributed by atoms with Crippen LogP contribution in [0.4, 0.5) is 0 Å². The van der Waals surface area contributed by atoms with Crippen molar-refractivity contribution in [1.82, 2.24) is 9.97 Å². The van der Waals surface area contributed by atoms with Crippen LogP contribution in [0.15, 0.2) is 30.5 Å². The maximum absolute atomic E-state index is 8.65. The molecule has 1 aromatic heterocycles. The van der Waals surface area contributed by atoms with Gasteiger partial charge in [-0.1, -0.05) is 18.2 Å². The van der Waals surface area contributed by atoms with E-state index in [0.717, 1.165) is 24.1 Å². The number of allylic oxidation sites excluding steroid dienone is 4. The topological polar surface area (TPSA) is 49.6 Å². The molecule has 1 heterocycles. The summed E-state index contributed by atoms with van der Waals surface area (Å²) in [5.74, 6) is 0.224. The normalized spacial score (nSPS) is 14.6. The van der Waals surface area contributed by atoms with Crippen molar-refractivity contribution in [2.45, 2.75) is 12.8 Å². The number of nitriles is 1. The molecule has 0 atom stereocenters. The Labute approximate surface area is 82.4 Å². The summed E-state index contributed by atoms with van der Waals surface area (Å²) in [6, 6.07) is 3.75. The van der Waals surface area contributed by atoms with Crippen LogP contribution in [0.25, 0.3) is 5.57 Å². The highest BCUT2D eigenvalue weighted by Crippen LogP contribution is 2.18. The molecule has 0 N–H and O–H groups in total. The van der Waals surface area contributed by atoms with Crippen molar-refractivity contribution >= 4 is 5.57 Å². The number of rotatable bonds is 1. The van der Waals surface area contributed by atoms with Gasteiger partial charge in [0.25, 0.3) is 0 Å². The average molecular weight is 183 g/mol. The van der Waals surface area contributed by atoms with E-state index in [1.165, 1.54) is 0 Å². The molecule has 0 saturated heterocycles. The molecular weight excluding hydrogens is 174 g/mol. The molecule has 0 saturated carbocycles. The van der Waals surface area contributed by atoms with Crippen molar-refractivity contribution < 1.29 is 0 Å². The summed E-state index contributed by atoms with van der Waals surface area (Å²) in [7, 11) is 0. The van der Waals surface area contributed by atoms with Crippen molar-refractivity contribution in [2.75, 3.05) is 0 Å². The van der Waals surface area contributed by atoms with Crippen molar-refractivity contribution in [2.24, 2.45) is 0 Å². The Kier molecular flexibility index (Phi) is 2.37. The molecule has 3 heteroatoms. The zero-order valence-corrected chi connectivity index (χ0v) is 7.64. The largest absolute Gasteiger partial charge is 0.232 e. The Morgan fingerprint density at radius 1 is 1.36 bits per heavy atom. The van der Waals surface area contributed by atoms with E-state index in [-0.39, 0.29) is 5.82 Å². The second-order valence-corrected chi connectivity index (χ2v) is 3.02. The molecule has 1 aromatic rings. The van der Waals surface area contributed by atoms with E-state index in [1.807, 2.05) is 18.2 Å². The molecule has 1 aliphatic rings. The van der Waals surface area contributed by atoms with Gasteiger partial charge in [-0.25, -0.2) is 9.97 Å². The minimum absolute atomic E-state index is 0.224. The van der Waals surface area contributed by atoms with E-state index in [0.29, 0.717) is 0 Å². The Morgan fingerprint density at radius 2 is 2.29 bits per heavy atom. The van der Waals surface area contributed by atoms with Gasteiger partial charge in [-0.05, 0) is 24.5 Å². The molecule has 3 nitrogen and oxygen atoms in total. The van der Waals surface area contributed by atoms with E-state index in [9.17, 15) is 0 Å². The van der Waals surface area contributed by atoms with Gasteiger partial charge in [-0.2, -0.15) is 5.26 Å². The third kappa shape index (κ3) is 1.69. The van der Waals surface area contributed by atoms with Gasteiger partial charge in [-0.3, -0.25) is 0 Å². The van der Waals surface area contributed by atoms with Crippen LogP contribution in [-0.4, -0.2) is 9.97 Å². The van der Waals surface area contributed by atoms with E-state index in [1.54, 1.807) is 6.20 Å². The third-order valence-electron chi connectivity index (χ3n) is 2.05. The van der Waals surface area contributed by atoms with Crippen molar-refractivity contribution in [3.05, 3.63) is 42.0 Å². The van der Waals surface area contributed by atoms with E-state index in [2.05, 4.69) is 22.1 Å². The Morgan fingerprint density at radius 3 is 3.00 bits per heavy atom. The average Bonchev–Trinajstić information content (AvgIpc) is 2.30. The van der Waals surface area contributed by atoms with Gasteiger partial charge in [-0.15, -0.1) is 0 Å². The lowest BCUT2D eigenvalue weighted by atomic mass is 10.0. The standard InChI is InChI=1S/C11H9N3/c12-8-11-13-7-6-10(14-11)9-4-2-1-3-5-9/h2,4-7H,1,3H2. The second-order valence-electron chi connectivity index (χ2n) is 3.02. The van der Waals surface area contributed by atoms with Crippen molar-refractivity contribution in [3.63, 3.8) is 0 Å². The van der Waals surface area contributed by atoms with Crippen LogP contribution in [0, 0.1) is 11.3 Å². The first kappa shape index (κ1) is 8.64. The highest BCUT2D eigenvalue weighted by atomic mass is 14.9. The quantitative estimate of drug-likeness (QED) is 0.669. The van der Waals surface area contributed by atoms with Crippen LogP contribution in [0.3, 0.4) is 0 Å². The first-order chi connectivity index (χ1) is 6.90. The van der Waals surface area contributed by atoms with Gasteiger partial charge in [0.15, 0.2) is 0 Å². The number of hydrogen-bond acceptors (Lipinski definition) is 3. The highest BCUT2D eigenvalue weighted by molar-refractivity contribution is 5.72. The number of aromatic nitrogens is 2. The Hall–Kier alpha value is -1.95. The molecule has 1 aliphatic carbocycles. The third-order valence-corrected chi connectivity index (χ3v) is 2.05. The fourth-order valence-corrected chi connectivity index (χ4v) is 1.38. The molecule has 0 amide bonds. The van der Waals surface area contributed by atoms with Crippen molar-refractivity contribution in [3.8, 4) is 6.07 Å². The number of nitrogens with zero attached hydrogens (tertiary/aromatic N) is 3. The predicted octanol–water partition coefficient (Wildman–Crippen LogP) is 2.08. The molecular formula is C11H9N3. The van der Waals surface area contributed by atoms with Crippen LogP contribution in [0.5, 0.6) is 0 Å². The van der Waals surface area contributed by atoms with Crippen LogP contribution in [0.1, 0.15) is 24.4 Å². The van der Waals surface area contributed by atoms with Gasteiger partial charge in [0.05, 0.1) is 5.69 Å². The van der Waals surface area contributed by atoms with Crippen LogP contribution < -0.4 is 0 Å². The van der Waals surface area contributed by atoms with E-state index >= 15 is 0 Å². The maximum atomic E-state index is 8.65. The highest BCUT2D eigenvalue weighted by Gasteiger charge is 2.03. The lowest BCUT2D eigenvalue weighted by molar-refractivity contribution is 1.03.